The molecule has 3 heteroatoms. The van der Waals surface area contributed by atoms with E-state index in [1.807, 2.05) is 13.0 Å². The molecule has 2 nitrogen and oxygen atoms in total. The number of ether oxygens (including phenoxy) is 1. The first-order chi connectivity index (χ1) is 8.04. The van der Waals surface area contributed by atoms with Crippen LogP contribution in [-0.2, 0) is 4.74 Å². The van der Waals surface area contributed by atoms with Gasteiger partial charge >= 0.3 is 0 Å². The van der Waals surface area contributed by atoms with E-state index in [-0.39, 0.29) is 11.2 Å². The summed E-state index contributed by atoms with van der Waals surface area (Å²) in [7, 11) is 0. The van der Waals surface area contributed by atoms with Crippen LogP contribution in [0.25, 0.3) is 0 Å². The summed E-state index contributed by atoms with van der Waals surface area (Å²) < 4.78 is 18.7. The first-order valence-corrected chi connectivity index (χ1v) is 6.17. The second-order valence-corrected chi connectivity index (χ2v) is 5.21. The van der Waals surface area contributed by atoms with Gasteiger partial charge in [0.05, 0.1) is 6.10 Å². The molecule has 1 aliphatic carbocycles. The molecule has 1 aromatic carbocycles. The van der Waals surface area contributed by atoms with Crippen LogP contribution in [0.5, 0.6) is 0 Å². The van der Waals surface area contributed by atoms with E-state index in [4.69, 9.17) is 4.74 Å². The predicted octanol–water partition coefficient (Wildman–Crippen LogP) is 3.44. The van der Waals surface area contributed by atoms with Gasteiger partial charge in [0.25, 0.3) is 0 Å². The van der Waals surface area contributed by atoms with Crippen molar-refractivity contribution in [1.29, 1.82) is 0 Å². The third-order valence-corrected chi connectivity index (χ3v) is 3.71. The molecule has 2 atom stereocenters. The number of halogens is 1. The van der Waals surface area contributed by atoms with Gasteiger partial charge in [-0.15, -0.1) is 0 Å². The van der Waals surface area contributed by atoms with Gasteiger partial charge < -0.3 is 10.1 Å². The molecule has 0 aromatic heterocycles. The second-order valence-electron chi connectivity index (χ2n) is 5.21. The van der Waals surface area contributed by atoms with E-state index in [9.17, 15) is 4.39 Å². The topological polar surface area (TPSA) is 21.3 Å². The molecule has 0 spiro atoms. The molecule has 0 saturated heterocycles. The van der Waals surface area contributed by atoms with E-state index >= 15 is 0 Å². The van der Waals surface area contributed by atoms with Crippen LogP contribution in [-0.4, -0.2) is 18.8 Å². The van der Waals surface area contributed by atoms with Crippen molar-refractivity contribution in [3.63, 3.8) is 0 Å². The first-order valence-electron chi connectivity index (χ1n) is 6.17. The Morgan fingerprint density at radius 1 is 1.47 bits per heavy atom. The van der Waals surface area contributed by atoms with Gasteiger partial charge in [-0.05, 0) is 31.5 Å². The van der Waals surface area contributed by atoms with Crippen molar-refractivity contribution in [3.05, 3.63) is 30.1 Å². The van der Waals surface area contributed by atoms with Gasteiger partial charge in [0.15, 0.2) is 0 Å². The van der Waals surface area contributed by atoms with Gasteiger partial charge in [0.2, 0.25) is 0 Å². The van der Waals surface area contributed by atoms with Crippen LogP contribution in [0.2, 0.25) is 0 Å². The minimum absolute atomic E-state index is 0.0995. The van der Waals surface area contributed by atoms with Gasteiger partial charge in [-0.3, -0.25) is 0 Å². The Labute approximate surface area is 102 Å². The quantitative estimate of drug-likeness (QED) is 0.866. The standard InChI is InChI=1S/C14H20FNO/c1-4-17-13-9-12(14(13,2)3)16-11-7-5-6-10(15)8-11/h5-8,12-13,16H,4,9H2,1-3H3. The monoisotopic (exact) mass is 237 g/mol. The van der Waals surface area contributed by atoms with E-state index in [1.165, 1.54) is 12.1 Å². The molecule has 0 radical (unpaired) electrons. The smallest absolute Gasteiger partial charge is 0.125 e. The van der Waals surface area contributed by atoms with Crippen molar-refractivity contribution in [3.8, 4) is 0 Å². The van der Waals surface area contributed by atoms with Crippen molar-refractivity contribution in [2.24, 2.45) is 5.41 Å². The fourth-order valence-corrected chi connectivity index (χ4v) is 2.39. The molecule has 1 aliphatic rings. The molecule has 17 heavy (non-hydrogen) atoms. The SMILES string of the molecule is CCOC1CC(Nc2cccc(F)c2)C1(C)C. The first kappa shape index (κ1) is 12.4. The third-order valence-electron chi connectivity index (χ3n) is 3.71. The van der Waals surface area contributed by atoms with Crippen molar-refractivity contribution < 1.29 is 9.13 Å². The Morgan fingerprint density at radius 2 is 2.24 bits per heavy atom. The van der Waals surface area contributed by atoms with Gasteiger partial charge in [-0.25, -0.2) is 4.39 Å². The average Bonchev–Trinajstić information content (AvgIpc) is 2.28. The van der Waals surface area contributed by atoms with Crippen molar-refractivity contribution >= 4 is 5.69 Å². The van der Waals surface area contributed by atoms with Gasteiger partial charge in [0.1, 0.15) is 5.82 Å². The number of nitrogens with one attached hydrogen (secondary N) is 1. The van der Waals surface area contributed by atoms with Crippen LogP contribution in [0, 0.1) is 11.2 Å². The molecule has 0 amide bonds. The Morgan fingerprint density at radius 3 is 2.82 bits per heavy atom. The van der Waals surface area contributed by atoms with E-state index < -0.39 is 0 Å². The molecule has 2 unspecified atom stereocenters. The largest absolute Gasteiger partial charge is 0.381 e. The highest BCUT2D eigenvalue weighted by atomic mass is 19.1. The highest BCUT2D eigenvalue weighted by molar-refractivity contribution is 5.45. The molecule has 1 saturated carbocycles. The fourth-order valence-electron chi connectivity index (χ4n) is 2.39. The number of hydrogen-bond acceptors (Lipinski definition) is 2. The van der Waals surface area contributed by atoms with Crippen LogP contribution in [0.4, 0.5) is 10.1 Å². The molecule has 0 heterocycles. The average molecular weight is 237 g/mol. The molecule has 1 aromatic rings. The van der Waals surface area contributed by atoms with E-state index in [2.05, 4.69) is 19.2 Å². The highest BCUT2D eigenvalue weighted by Crippen LogP contribution is 2.44. The molecule has 2 rings (SSSR count). The Hall–Kier alpha value is -1.09. The lowest BCUT2D eigenvalue weighted by atomic mass is 9.64. The molecular formula is C14H20FNO. The maximum absolute atomic E-state index is 13.1. The number of hydrogen-bond donors (Lipinski definition) is 1. The lowest BCUT2D eigenvalue weighted by molar-refractivity contribution is -0.0975. The zero-order valence-electron chi connectivity index (χ0n) is 10.7. The highest BCUT2D eigenvalue weighted by Gasteiger charge is 2.48. The summed E-state index contributed by atoms with van der Waals surface area (Å²) in [6.45, 7) is 7.14. The zero-order chi connectivity index (χ0) is 12.5. The summed E-state index contributed by atoms with van der Waals surface area (Å²) >= 11 is 0. The van der Waals surface area contributed by atoms with Crippen molar-refractivity contribution in [2.75, 3.05) is 11.9 Å². The van der Waals surface area contributed by atoms with Crippen LogP contribution < -0.4 is 5.32 Å². The van der Waals surface area contributed by atoms with Crippen molar-refractivity contribution in [1.82, 2.24) is 0 Å². The van der Waals surface area contributed by atoms with E-state index in [0.29, 0.717) is 12.1 Å². The maximum atomic E-state index is 13.1. The number of anilines is 1. The molecule has 1 fully saturated rings. The molecule has 0 bridgehead atoms. The Balaban J connectivity index is 1.98. The van der Waals surface area contributed by atoms with Gasteiger partial charge in [-0.2, -0.15) is 0 Å². The van der Waals surface area contributed by atoms with Gasteiger partial charge in [-0.1, -0.05) is 19.9 Å². The minimum Gasteiger partial charge on any atom is -0.381 e. The van der Waals surface area contributed by atoms with Crippen LogP contribution in [0.3, 0.4) is 0 Å². The molecule has 1 N–H and O–H groups in total. The zero-order valence-corrected chi connectivity index (χ0v) is 10.7. The van der Waals surface area contributed by atoms with Gasteiger partial charge in [0, 0.05) is 23.8 Å². The van der Waals surface area contributed by atoms with E-state index in [0.717, 1.165) is 18.7 Å². The molecular weight excluding hydrogens is 217 g/mol. The van der Waals surface area contributed by atoms with Crippen molar-refractivity contribution in [2.45, 2.75) is 39.3 Å². The summed E-state index contributed by atoms with van der Waals surface area (Å²) in [6, 6.07) is 6.96. The van der Waals surface area contributed by atoms with E-state index in [1.54, 1.807) is 6.07 Å². The maximum Gasteiger partial charge on any atom is 0.125 e. The number of benzene rings is 1. The Kier molecular flexibility index (Phi) is 3.38. The third kappa shape index (κ3) is 2.44. The van der Waals surface area contributed by atoms with Crippen LogP contribution in [0.1, 0.15) is 27.2 Å². The summed E-state index contributed by atoms with van der Waals surface area (Å²) in [5, 5.41) is 3.38. The summed E-state index contributed by atoms with van der Waals surface area (Å²) in [5.74, 6) is -0.200. The number of rotatable bonds is 4. The fraction of sp³-hybridized carbons (Fsp3) is 0.571. The van der Waals surface area contributed by atoms with Crippen LogP contribution in [0.15, 0.2) is 24.3 Å². The van der Waals surface area contributed by atoms with Crippen LogP contribution >= 0.6 is 0 Å². The summed E-state index contributed by atoms with van der Waals surface area (Å²) in [5.41, 5.74) is 0.945. The predicted molar refractivity (Wildman–Crippen MR) is 67.6 cm³/mol. The minimum atomic E-state index is -0.200. The summed E-state index contributed by atoms with van der Waals surface area (Å²) in [6.07, 6.45) is 1.29. The summed E-state index contributed by atoms with van der Waals surface area (Å²) in [4.78, 5) is 0. The molecule has 94 valence electrons. The second kappa shape index (κ2) is 4.65. The normalized spacial score (nSPS) is 26.4. The lowest BCUT2D eigenvalue weighted by Crippen LogP contribution is -2.58. The molecule has 0 aliphatic heterocycles. The Bertz CT molecular complexity index is 392. The lowest BCUT2D eigenvalue weighted by Gasteiger charge is -2.52.